The first-order chi connectivity index (χ1) is 25.4. The summed E-state index contributed by atoms with van der Waals surface area (Å²) in [7, 11) is 0. The lowest BCUT2D eigenvalue weighted by atomic mass is 9.89. The second kappa shape index (κ2) is 16.5. The molecule has 0 saturated heterocycles. The number of esters is 1. The number of anilines is 3. The Morgan fingerprint density at radius 2 is 1.51 bits per heavy atom. The van der Waals surface area contributed by atoms with E-state index < -0.39 is 83.0 Å². The van der Waals surface area contributed by atoms with Crippen molar-refractivity contribution in [2.45, 2.75) is 116 Å². The Bertz CT molecular complexity index is 1810. The second-order valence-electron chi connectivity index (χ2n) is 14.0. The average Bonchev–Trinajstić information content (AvgIpc) is 3.06. The Morgan fingerprint density at radius 3 is 2.04 bits per heavy atom. The van der Waals surface area contributed by atoms with Crippen molar-refractivity contribution in [2.75, 3.05) is 22.1 Å². The molecular weight excluding hydrogens is 749 g/mol. The van der Waals surface area contributed by atoms with Gasteiger partial charge in [0, 0.05) is 18.5 Å². The number of amides is 1. The summed E-state index contributed by atoms with van der Waals surface area (Å²) in [6, 6.07) is 1.87. The van der Waals surface area contributed by atoms with E-state index in [-0.39, 0.29) is 54.1 Å². The molecule has 4 rings (SSSR count). The van der Waals surface area contributed by atoms with E-state index in [0.717, 1.165) is 18.2 Å². The number of aromatic nitrogens is 2. The molecule has 3 atom stereocenters. The van der Waals surface area contributed by atoms with Gasteiger partial charge in [-0.15, -0.1) is 0 Å². The summed E-state index contributed by atoms with van der Waals surface area (Å²) >= 11 is 0. The zero-order valence-electron chi connectivity index (χ0n) is 30.9. The smallest absolute Gasteiger partial charge is 0.416 e. The third-order valence-electron chi connectivity index (χ3n) is 8.67. The van der Waals surface area contributed by atoms with Crippen LogP contribution in [0.2, 0.25) is 0 Å². The van der Waals surface area contributed by atoms with Crippen LogP contribution in [0.1, 0.15) is 107 Å². The number of ether oxygens (including phenoxy) is 2. The number of carbonyl (C=O) groups excluding carboxylic acids is 2. The van der Waals surface area contributed by atoms with Gasteiger partial charge >= 0.3 is 30.6 Å². The first kappa shape index (κ1) is 43.0. The normalized spacial score (nSPS) is 17.0. The first-order valence-corrected chi connectivity index (χ1v) is 17.5. The van der Waals surface area contributed by atoms with Crippen molar-refractivity contribution in [3.63, 3.8) is 0 Å². The summed E-state index contributed by atoms with van der Waals surface area (Å²) in [5.41, 5.74) is -5.09. The van der Waals surface area contributed by atoms with Crippen LogP contribution < -0.4 is 15.5 Å². The van der Waals surface area contributed by atoms with Crippen molar-refractivity contribution in [1.82, 2.24) is 9.97 Å². The molecule has 2 heterocycles. The maximum absolute atomic E-state index is 13.9. The Balaban J connectivity index is 1.82. The van der Waals surface area contributed by atoms with E-state index in [1.54, 1.807) is 41.5 Å². The number of nitrogens with one attached hydrogen (secondary N) is 2. The van der Waals surface area contributed by atoms with Crippen LogP contribution in [0.4, 0.5) is 61.6 Å². The minimum atomic E-state index is -5.12. The number of benzene rings is 2. The molecule has 1 amide bonds. The molecule has 9 nitrogen and oxygen atoms in total. The van der Waals surface area contributed by atoms with Gasteiger partial charge in [0.15, 0.2) is 0 Å². The number of alkyl halides is 9. The highest BCUT2D eigenvalue weighted by Gasteiger charge is 2.40. The van der Waals surface area contributed by atoms with Crippen LogP contribution in [-0.2, 0) is 39.2 Å². The van der Waals surface area contributed by atoms with Crippen LogP contribution in [0.15, 0.2) is 42.6 Å². The number of rotatable bonds is 11. The third-order valence-corrected chi connectivity index (χ3v) is 8.67. The lowest BCUT2D eigenvalue weighted by Gasteiger charge is -2.40. The Morgan fingerprint density at radius 1 is 0.891 bits per heavy atom. The number of carbonyl (C=O) groups is 2. The highest BCUT2D eigenvalue weighted by Crippen LogP contribution is 2.43. The number of fused-ring (bicyclic) bond motifs is 1. The number of hydrogen-bond acceptors (Lipinski definition) is 8. The van der Waals surface area contributed by atoms with Gasteiger partial charge in [0.05, 0.1) is 59.0 Å². The molecule has 0 radical (unpaired) electrons. The SMILES string of the molecule is CCOC(=O)N1c2ccc(C(F)(F)F)cc2[C@@H](Nc2ncc(NC(CC)CC(=O)OC(C)(C)C)c(Cc3cc(C(F)(F)F)cc(C(F)(F)F)c3)n2)C[C@H]1CC. The van der Waals surface area contributed by atoms with E-state index in [9.17, 15) is 49.1 Å². The van der Waals surface area contributed by atoms with Crippen molar-refractivity contribution in [1.29, 1.82) is 0 Å². The van der Waals surface area contributed by atoms with Gasteiger partial charge in [-0.2, -0.15) is 39.5 Å². The van der Waals surface area contributed by atoms with E-state index in [4.69, 9.17) is 9.47 Å². The second-order valence-corrected chi connectivity index (χ2v) is 14.0. The Kier molecular flexibility index (Phi) is 12.9. The number of halogens is 9. The molecule has 1 aromatic heterocycles. The zero-order chi connectivity index (χ0) is 41.1. The van der Waals surface area contributed by atoms with Gasteiger partial charge < -0.3 is 20.1 Å². The van der Waals surface area contributed by atoms with Crippen molar-refractivity contribution in [2.24, 2.45) is 0 Å². The topological polar surface area (TPSA) is 106 Å². The lowest BCUT2D eigenvalue weighted by Crippen LogP contribution is -2.46. The van der Waals surface area contributed by atoms with Gasteiger partial charge in [-0.1, -0.05) is 13.8 Å². The zero-order valence-corrected chi connectivity index (χ0v) is 30.9. The standard InChI is InChI=1S/C37H42F9N5O4/c1-7-24(17-31(52)55-34(4,5)6)48-29-19-47-32(50-28(29)14-20-12-22(36(41,42)43)15-23(13-20)37(44,45)46)49-27-18-25(8-2)51(33(53)54-9-3)30-11-10-21(16-26(27)30)35(38,39)40/h10-13,15-16,19,24-25,27,48H,7-9,14,17-18H2,1-6H3,(H,47,49,50)/t24?,25-,27+/m1/s1. The molecule has 55 heavy (non-hydrogen) atoms. The molecule has 1 unspecified atom stereocenters. The van der Waals surface area contributed by atoms with Crippen molar-refractivity contribution in [3.8, 4) is 0 Å². The van der Waals surface area contributed by atoms with Gasteiger partial charge in [-0.25, -0.2) is 14.8 Å². The highest BCUT2D eigenvalue weighted by molar-refractivity contribution is 5.90. The molecule has 0 fully saturated rings. The van der Waals surface area contributed by atoms with Gasteiger partial charge in [0.25, 0.3) is 0 Å². The lowest BCUT2D eigenvalue weighted by molar-refractivity contribution is -0.155. The summed E-state index contributed by atoms with van der Waals surface area (Å²) in [5, 5.41) is 6.05. The van der Waals surface area contributed by atoms with Gasteiger partial charge in [0.2, 0.25) is 5.95 Å². The molecular formula is C37H42F9N5O4. The summed E-state index contributed by atoms with van der Waals surface area (Å²) in [4.78, 5) is 35.7. The Labute approximate surface area is 312 Å². The van der Waals surface area contributed by atoms with Crippen LogP contribution in [0, 0.1) is 0 Å². The minimum Gasteiger partial charge on any atom is -0.460 e. The van der Waals surface area contributed by atoms with E-state index in [1.165, 1.54) is 11.1 Å². The number of hydrogen-bond donors (Lipinski definition) is 2. The molecule has 0 spiro atoms. The van der Waals surface area contributed by atoms with Crippen LogP contribution >= 0.6 is 0 Å². The molecule has 302 valence electrons. The van der Waals surface area contributed by atoms with Gasteiger partial charge in [0.1, 0.15) is 5.60 Å². The minimum absolute atomic E-state index is 0.00300. The van der Waals surface area contributed by atoms with E-state index in [2.05, 4.69) is 20.6 Å². The average molecular weight is 792 g/mol. The molecule has 1 aliphatic heterocycles. The predicted octanol–water partition coefficient (Wildman–Crippen LogP) is 10.3. The van der Waals surface area contributed by atoms with Crippen molar-refractivity contribution < 1.29 is 58.6 Å². The molecule has 3 aromatic rings. The summed E-state index contributed by atoms with van der Waals surface area (Å²) in [5.74, 6) is -0.784. The van der Waals surface area contributed by atoms with Gasteiger partial charge in [-0.05, 0) is 94.5 Å². The quantitative estimate of drug-likeness (QED) is 0.146. The van der Waals surface area contributed by atoms with Crippen molar-refractivity contribution >= 4 is 29.4 Å². The first-order valence-electron chi connectivity index (χ1n) is 17.5. The van der Waals surface area contributed by atoms with Crippen LogP contribution in [-0.4, -0.2) is 46.3 Å². The Hall–Kier alpha value is -4.77. The molecule has 0 aliphatic carbocycles. The van der Waals surface area contributed by atoms with E-state index in [1.807, 2.05) is 0 Å². The van der Waals surface area contributed by atoms with Gasteiger partial charge in [-0.3, -0.25) is 9.69 Å². The molecule has 18 heteroatoms. The van der Waals surface area contributed by atoms with Crippen LogP contribution in [0.5, 0.6) is 0 Å². The number of nitrogens with zero attached hydrogens (tertiary/aromatic N) is 3. The summed E-state index contributed by atoms with van der Waals surface area (Å²) in [6.07, 6.45) is -14.5. The largest absolute Gasteiger partial charge is 0.460 e. The maximum Gasteiger partial charge on any atom is 0.416 e. The summed E-state index contributed by atoms with van der Waals surface area (Å²) < 4.78 is 135. The molecule has 1 aliphatic rings. The van der Waals surface area contributed by atoms with E-state index >= 15 is 0 Å². The highest BCUT2D eigenvalue weighted by atomic mass is 19.4. The van der Waals surface area contributed by atoms with Crippen LogP contribution in [0.25, 0.3) is 0 Å². The van der Waals surface area contributed by atoms with Crippen molar-refractivity contribution in [3.05, 3.63) is 76.1 Å². The fourth-order valence-corrected chi connectivity index (χ4v) is 6.17. The third kappa shape index (κ3) is 11.2. The van der Waals surface area contributed by atoms with E-state index in [0.29, 0.717) is 25.0 Å². The predicted molar refractivity (Wildman–Crippen MR) is 185 cm³/mol. The fourth-order valence-electron chi connectivity index (χ4n) is 6.17. The fraction of sp³-hybridized carbons (Fsp3) is 0.514. The molecule has 2 N–H and O–H groups in total. The maximum atomic E-state index is 13.9. The molecule has 2 aromatic carbocycles. The molecule has 0 bridgehead atoms. The van der Waals surface area contributed by atoms with Crippen LogP contribution in [0.3, 0.4) is 0 Å². The monoisotopic (exact) mass is 791 g/mol. The summed E-state index contributed by atoms with van der Waals surface area (Å²) in [6.45, 7) is 10.1. The molecule has 0 saturated carbocycles.